The number of hydrogen-bond donors (Lipinski definition) is 3. The van der Waals surface area contributed by atoms with Crippen LogP contribution in [-0.4, -0.2) is 31.5 Å². The van der Waals surface area contributed by atoms with Crippen LogP contribution in [0.5, 0.6) is 0 Å². The van der Waals surface area contributed by atoms with Gasteiger partial charge >= 0.3 is 0 Å². The highest BCUT2D eigenvalue weighted by molar-refractivity contribution is 9.10. The van der Waals surface area contributed by atoms with Crippen molar-refractivity contribution in [2.75, 3.05) is 18.9 Å². The Labute approximate surface area is 146 Å². The molecular formula is C17H25BrN4O. The topological polar surface area (TPSA) is 65.5 Å². The Kier molecular flexibility index (Phi) is 7.39. The number of carbonyl (C=O) groups excluding carboxylic acids is 1. The molecule has 0 aliphatic heterocycles. The molecule has 0 atom stereocenters. The summed E-state index contributed by atoms with van der Waals surface area (Å²) in [5.74, 6) is 0.779. The number of nitrogens with one attached hydrogen (secondary N) is 3. The van der Waals surface area contributed by atoms with Crippen molar-refractivity contribution in [2.45, 2.75) is 44.6 Å². The maximum Gasteiger partial charge on any atom is 0.226 e. The summed E-state index contributed by atoms with van der Waals surface area (Å²) in [6, 6.07) is 8.07. The first-order chi connectivity index (χ1) is 11.2. The number of halogens is 1. The van der Waals surface area contributed by atoms with E-state index in [-0.39, 0.29) is 5.91 Å². The molecule has 1 aliphatic rings. The summed E-state index contributed by atoms with van der Waals surface area (Å²) in [4.78, 5) is 16.2. The SMILES string of the molecule is CN=C(NCCC(=O)Nc1ccc(Br)cc1)NC1CCCCC1. The van der Waals surface area contributed by atoms with Crippen LogP contribution in [0.15, 0.2) is 33.7 Å². The lowest BCUT2D eigenvalue weighted by molar-refractivity contribution is -0.116. The number of benzene rings is 1. The summed E-state index contributed by atoms with van der Waals surface area (Å²) < 4.78 is 0.995. The third-order valence-electron chi connectivity index (χ3n) is 3.94. The molecule has 126 valence electrons. The molecule has 0 heterocycles. The predicted molar refractivity (Wildman–Crippen MR) is 98.8 cm³/mol. The van der Waals surface area contributed by atoms with Crippen molar-refractivity contribution < 1.29 is 4.79 Å². The van der Waals surface area contributed by atoms with Crippen molar-refractivity contribution in [1.82, 2.24) is 10.6 Å². The molecule has 1 aliphatic carbocycles. The Morgan fingerprint density at radius 1 is 1.22 bits per heavy atom. The highest BCUT2D eigenvalue weighted by atomic mass is 79.9. The molecule has 0 saturated heterocycles. The molecule has 0 aromatic heterocycles. The Morgan fingerprint density at radius 2 is 1.91 bits per heavy atom. The van der Waals surface area contributed by atoms with Crippen LogP contribution in [0.2, 0.25) is 0 Å². The second-order valence-electron chi connectivity index (χ2n) is 5.78. The van der Waals surface area contributed by atoms with E-state index in [0.717, 1.165) is 16.1 Å². The van der Waals surface area contributed by atoms with E-state index in [0.29, 0.717) is 19.0 Å². The fourth-order valence-electron chi connectivity index (χ4n) is 2.69. The minimum absolute atomic E-state index is 0.00654. The zero-order valence-electron chi connectivity index (χ0n) is 13.6. The Hall–Kier alpha value is -1.56. The first-order valence-electron chi connectivity index (χ1n) is 8.20. The van der Waals surface area contributed by atoms with Crippen molar-refractivity contribution in [3.63, 3.8) is 0 Å². The van der Waals surface area contributed by atoms with Crippen LogP contribution in [0.3, 0.4) is 0 Å². The van der Waals surface area contributed by atoms with Crippen LogP contribution in [0.25, 0.3) is 0 Å². The van der Waals surface area contributed by atoms with Gasteiger partial charge in [-0.25, -0.2) is 0 Å². The largest absolute Gasteiger partial charge is 0.356 e. The summed E-state index contributed by atoms with van der Waals surface area (Å²) >= 11 is 3.38. The highest BCUT2D eigenvalue weighted by Crippen LogP contribution is 2.17. The van der Waals surface area contributed by atoms with Crippen LogP contribution >= 0.6 is 15.9 Å². The minimum Gasteiger partial charge on any atom is -0.356 e. The van der Waals surface area contributed by atoms with Crippen molar-refractivity contribution in [1.29, 1.82) is 0 Å². The number of aliphatic imine (C=N–C) groups is 1. The summed E-state index contributed by atoms with van der Waals surface area (Å²) in [6.07, 6.45) is 6.70. The number of anilines is 1. The van der Waals surface area contributed by atoms with Gasteiger partial charge in [0, 0.05) is 36.2 Å². The highest BCUT2D eigenvalue weighted by Gasteiger charge is 2.14. The van der Waals surface area contributed by atoms with E-state index < -0.39 is 0 Å². The first kappa shape index (κ1) is 17.8. The van der Waals surface area contributed by atoms with Crippen LogP contribution < -0.4 is 16.0 Å². The second-order valence-corrected chi connectivity index (χ2v) is 6.70. The van der Waals surface area contributed by atoms with Crippen molar-refractivity contribution in [3.05, 3.63) is 28.7 Å². The molecule has 6 heteroatoms. The number of amides is 1. The zero-order valence-corrected chi connectivity index (χ0v) is 15.2. The van der Waals surface area contributed by atoms with Gasteiger partial charge in [-0.3, -0.25) is 9.79 Å². The van der Waals surface area contributed by atoms with E-state index in [2.05, 4.69) is 36.9 Å². The fraction of sp³-hybridized carbons (Fsp3) is 0.529. The third-order valence-corrected chi connectivity index (χ3v) is 4.47. The van der Waals surface area contributed by atoms with E-state index >= 15 is 0 Å². The van der Waals surface area contributed by atoms with Crippen LogP contribution in [0.4, 0.5) is 5.69 Å². The monoisotopic (exact) mass is 380 g/mol. The average Bonchev–Trinajstić information content (AvgIpc) is 2.57. The van der Waals surface area contributed by atoms with Gasteiger partial charge in [0.2, 0.25) is 5.91 Å². The van der Waals surface area contributed by atoms with E-state index in [1.54, 1.807) is 7.05 Å². The molecule has 23 heavy (non-hydrogen) atoms. The normalized spacial score (nSPS) is 16.0. The number of carbonyl (C=O) groups is 1. The molecule has 0 unspecified atom stereocenters. The van der Waals surface area contributed by atoms with Gasteiger partial charge in [0.25, 0.3) is 0 Å². The van der Waals surface area contributed by atoms with E-state index in [1.165, 1.54) is 32.1 Å². The number of rotatable bonds is 5. The van der Waals surface area contributed by atoms with E-state index in [9.17, 15) is 4.79 Å². The Bertz CT molecular complexity index is 524. The standard InChI is InChI=1S/C17H25BrN4O/c1-19-17(22-14-5-3-2-4-6-14)20-12-11-16(23)21-15-9-7-13(18)8-10-15/h7-10,14H,2-6,11-12H2,1H3,(H,21,23)(H2,19,20,22). The minimum atomic E-state index is -0.00654. The van der Waals surface area contributed by atoms with Crippen LogP contribution in [0.1, 0.15) is 38.5 Å². The van der Waals surface area contributed by atoms with Gasteiger partial charge < -0.3 is 16.0 Å². The van der Waals surface area contributed by atoms with Crippen LogP contribution in [-0.2, 0) is 4.79 Å². The molecule has 3 N–H and O–H groups in total. The van der Waals surface area contributed by atoms with Gasteiger partial charge in [-0.2, -0.15) is 0 Å². The maximum absolute atomic E-state index is 11.9. The van der Waals surface area contributed by atoms with E-state index in [4.69, 9.17) is 0 Å². The summed E-state index contributed by atoms with van der Waals surface area (Å²) in [6.45, 7) is 0.564. The summed E-state index contributed by atoms with van der Waals surface area (Å²) in [5, 5.41) is 9.53. The van der Waals surface area contributed by atoms with Gasteiger partial charge in [0.1, 0.15) is 0 Å². The van der Waals surface area contributed by atoms with Crippen LogP contribution in [0, 0.1) is 0 Å². The lowest BCUT2D eigenvalue weighted by Crippen LogP contribution is -2.44. The molecular weight excluding hydrogens is 356 g/mol. The molecule has 1 saturated carbocycles. The molecule has 1 aromatic carbocycles. The Balaban J connectivity index is 1.68. The van der Waals surface area contributed by atoms with E-state index in [1.807, 2.05) is 24.3 Å². The number of hydrogen-bond acceptors (Lipinski definition) is 2. The molecule has 1 aromatic rings. The van der Waals surface area contributed by atoms with Gasteiger partial charge in [-0.05, 0) is 37.1 Å². The number of guanidine groups is 1. The molecule has 0 radical (unpaired) electrons. The lowest BCUT2D eigenvalue weighted by atomic mass is 9.96. The lowest BCUT2D eigenvalue weighted by Gasteiger charge is -2.24. The zero-order chi connectivity index (χ0) is 16.5. The van der Waals surface area contributed by atoms with Gasteiger partial charge in [0.05, 0.1) is 0 Å². The molecule has 2 rings (SSSR count). The molecule has 5 nitrogen and oxygen atoms in total. The Morgan fingerprint density at radius 3 is 2.57 bits per heavy atom. The summed E-state index contributed by atoms with van der Waals surface area (Å²) in [5.41, 5.74) is 0.808. The predicted octanol–water partition coefficient (Wildman–Crippen LogP) is 3.28. The molecule has 0 bridgehead atoms. The molecule has 0 spiro atoms. The maximum atomic E-state index is 11.9. The van der Waals surface area contributed by atoms with Crippen molar-refractivity contribution in [2.24, 2.45) is 4.99 Å². The first-order valence-corrected chi connectivity index (χ1v) is 8.99. The van der Waals surface area contributed by atoms with Crippen molar-refractivity contribution in [3.8, 4) is 0 Å². The molecule has 1 amide bonds. The van der Waals surface area contributed by atoms with Crippen molar-refractivity contribution >= 4 is 33.5 Å². The third kappa shape index (κ3) is 6.60. The smallest absolute Gasteiger partial charge is 0.226 e. The van der Waals surface area contributed by atoms with Gasteiger partial charge in [0.15, 0.2) is 5.96 Å². The second kappa shape index (κ2) is 9.55. The average molecular weight is 381 g/mol. The molecule has 1 fully saturated rings. The fourth-order valence-corrected chi connectivity index (χ4v) is 2.95. The number of nitrogens with zero attached hydrogens (tertiary/aromatic N) is 1. The van der Waals surface area contributed by atoms with Gasteiger partial charge in [-0.15, -0.1) is 0 Å². The van der Waals surface area contributed by atoms with Gasteiger partial charge in [-0.1, -0.05) is 35.2 Å². The summed E-state index contributed by atoms with van der Waals surface area (Å²) in [7, 11) is 1.76. The quantitative estimate of drug-likeness (QED) is 0.542.